The van der Waals surface area contributed by atoms with Crippen LogP contribution in [-0.2, 0) is 16.1 Å². The number of carbonyl (C=O) groups excluding carboxylic acids is 2. The molecule has 0 aliphatic carbocycles. The summed E-state index contributed by atoms with van der Waals surface area (Å²) in [4.78, 5) is 22.5. The van der Waals surface area contributed by atoms with Gasteiger partial charge in [-0.1, -0.05) is 42.5 Å². The van der Waals surface area contributed by atoms with Gasteiger partial charge < -0.3 is 11.1 Å². The fourth-order valence-electron chi connectivity index (χ4n) is 1.90. The van der Waals surface area contributed by atoms with Gasteiger partial charge in [-0.2, -0.15) is 5.10 Å². The molecule has 6 nitrogen and oxygen atoms in total. The van der Waals surface area contributed by atoms with E-state index in [4.69, 9.17) is 5.73 Å². The van der Waals surface area contributed by atoms with E-state index >= 15 is 0 Å². The minimum atomic E-state index is -0.480. The molecule has 0 aliphatic rings. The lowest BCUT2D eigenvalue weighted by atomic mass is 10.2. The second-order valence-corrected chi connectivity index (χ2v) is 4.79. The van der Waals surface area contributed by atoms with Gasteiger partial charge in [-0.25, -0.2) is 0 Å². The highest BCUT2D eigenvalue weighted by Gasteiger charge is 2.04. The highest BCUT2D eigenvalue weighted by molar-refractivity contribution is 5.90. The Kier molecular flexibility index (Phi) is 5.48. The standard InChI is InChI=1S/C16H18N4O2/c17-15(21)12-20-11-14(10-18-20)19-16(22)9-5-4-8-13-6-2-1-3-7-13/h1-4,6-8,10-11H,5,9,12H2,(H2,17,21)(H,19,22). The van der Waals surface area contributed by atoms with Gasteiger partial charge in [0.15, 0.2) is 0 Å². The summed E-state index contributed by atoms with van der Waals surface area (Å²) in [5.74, 6) is -0.580. The molecule has 2 aromatic rings. The van der Waals surface area contributed by atoms with E-state index < -0.39 is 5.91 Å². The van der Waals surface area contributed by atoms with E-state index in [1.165, 1.54) is 10.9 Å². The van der Waals surface area contributed by atoms with Gasteiger partial charge in [0.25, 0.3) is 0 Å². The number of nitrogens with one attached hydrogen (secondary N) is 1. The van der Waals surface area contributed by atoms with Gasteiger partial charge in [-0.05, 0) is 12.0 Å². The minimum absolute atomic E-state index is 0.00428. The molecule has 0 aliphatic heterocycles. The first-order chi connectivity index (χ1) is 10.6. The number of carbonyl (C=O) groups is 2. The Hall–Kier alpha value is -2.89. The highest BCUT2D eigenvalue weighted by atomic mass is 16.2. The molecule has 1 aromatic heterocycles. The van der Waals surface area contributed by atoms with Crippen LogP contribution in [0.25, 0.3) is 6.08 Å². The van der Waals surface area contributed by atoms with Crippen LogP contribution in [-0.4, -0.2) is 21.6 Å². The molecular weight excluding hydrogens is 280 g/mol. The van der Waals surface area contributed by atoms with E-state index in [0.717, 1.165) is 5.56 Å². The normalized spacial score (nSPS) is 10.7. The Morgan fingerprint density at radius 3 is 2.77 bits per heavy atom. The van der Waals surface area contributed by atoms with Crippen molar-refractivity contribution < 1.29 is 9.59 Å². The van der Waals surface area contributed by atoms with Crippen LogP contribution in [0.4, 0.5) is 5.69 Å². The molecule has 22 heavy (non-hydrogen) atoms. The van der Waals surface area contributed by atoms with E-state index in [9.17, 15) is 9.59 Å². The van der Waals surface area contributed by atoms with Crippen molar-refractivity contribution in [3.05, 3.63) is 54.4 Å². The van der Waals surface area contributed by atoms with Crippen molar-refractivity contribution >= 4 is 23.6 Å². The summed E-state index contributed by atoms with van der Waals surface area (Å²) in [6, 6.07) is 9.91. The van der Waals surface area contributed by atoms with Crippen molar-refractivity contribution in [1.29, 1.82) is 0 Å². The molecule has 0 fully saturated rings. The number of amides is 2. The monoisotopic (exact) mass is 298 g/mol. The lowest BCUT2D eigenvalue weighted by Crippen LogP contribution is -2.18. The molecular formula is C16H18N4O2. The Balaban J connectivity index is 1.75. The summed E-state index contributed by atoms with van der Waals surface area (Å²) in [5.41, 5.74) is 6.73. The number of nitrogens with zero attached hydrogens (tertiary/aromatic N) is 2. The summed E-state index contributed by atoms with van der Waals surface area (Å²) < 4.78 is 1.38. The molecule has 2 amide bonds. The van der Waals surface area contributed by atoms with Crippen LogP contribution >= 0.6 is 0 Å². The Morgan fingerprint density at radius 2 is 2.05 bits per heavy atom. The highest BCUT2D eigenvalue weighted by Crippen LogP contribution is 2.07. The first-order valence-corrected chi connectivity index (χ1v) is 6.95. The molecule has 0 bridgehead atoms. The average molecular weight is 298 g/mol. The third kappa shape index (κ3) is 5.24. The van der Waals surface area contributed by atoms with Gasteiger partial charge in [0, 0.05) is 12.6 Å². The van der Waals surface area contributed by atoms with Crippen LogP contribution in [0.15, 0.2) is 48.8 Å². The summed E-state index contributed by atoms with van der Waals surface area (Å²) in [7, 11) is 0. The van der Waals surface area contributed by atoms with Crippen LogP contribution in [0.2, 0.25) is 0 Å². The zero-order valence-electron chi connectivity index (χ0n) is 12.1. The van der Waals surface area contributed by atoms with Crippen LogP contribution in [0.1, 0.15) is 18.4 Å². The van der Waals surface area contributed by atoms with Crippen LogP contribution < -0.4 is 11.1 Å². The number of hydrogen-bond acceptors (Lipinski definition) is 3. The van der Waals surface area contributed by atoms with Crippen LogP contribution in [0, 0.1) is 0 Å². The van der Waals surface area contributed by atoms with Gasteiger partial charge in [0.2, 0.25) is 11.8 Å². The molecule has 6 heteroatoms. The maximum atomic E-state index is 11.8. The fraction of sp³-hybridized carbons (Fsp3) is 0.188. The summed E-state index contributed by atoms with van der Waals surface area (Å²) in [6.45, 7) is -0.00428. The largest absolute Gasteiger partial charge is 0.368 e. The zero-order valence-corrected chi connectivity index (χ0v) is 12.1. The maximum Gasteiger partial charge on any atom is 0.239 e. The van der Waals surface area contributed by atoms with Gasteiger partial charge in [0.1, 0.15) is 6.54 Å². The molecule has 0 atom stereocenters. The number of rotatable bonds is 7. The minimum Gasteiger partial charge on any atom is -0.368 e. The third-order valence-corrected chi connectivity index (χ3v) is 2.88. The quantitative estimate of drug-likeness (QED) is 0.816. The van der Waals surface area contributed by atoms with Crippen molar-refractivity contribution in [2.24, 2.45) is 5.73 Å². The van der Waals surface area contributed by atoms with E-state index in [-0.39, 0.29) is 12.5 Å². The van der Waals surface area contributed by atoms with E-state index in [2.05, 4.69) is 10.4 Å². The lowest BCUT2D eigenvalue weighted by Gasteiger charge is -2.00. The predicted molar refractivity (Wildman–Crippen MR) is 84.8 cm³/mol. The van der Waals surface area contributed by atoms with Gasteiger partial charge in [-0.3, -0.25) is 14.3 Å². The first-order valence-electron chi connectivity index (χ1n) is 6.95. The molecule has 1 heterocycles. The number of nitrogens with two attached hydrogens (primary N) is 1. The lowest BCUT2D eigenvalue weighted by molar-refractivity contribution is -0.118. The third-order valence-electron chi connectivity index (χ3n) is 2.88. The van der Waals surface area contributed by atoms with Crippen molar-refractivity contribution in [3.63, 3.8) is 0 Å². The molecule has 0 saturated heterocycles. The molecule has 0 unspecified atom stereocenters. The summed E-state index contributed by atoms with van der Waals surface area (Å²) in [6.07, 6.45) is 8.03. The Labute approximate surface area is 128 Å². The maximum absolute atomic E-state index is 11.8. The molecule has 0 saturated carbocycles. The van der Waals surface area contributed by atoms with Crippen molar-refractivity contribution in [3.8, 4) is 0 Å². The van der Waals surface area contributed by atoms with Gasteiger partial charge in [0.05, 0.1) is 11.9 Å². The van der Waals surface area contributed by atoms with Crippen molar-refractivity contribution in [2.75, 3.05) is 5.32 Å². The van der Waals surface area contributed by atoms with Crippen LogP contribution in [0.3, 0.4) is 0 Å². The number of anilines is 1. The van der Waals surface area contributed by atoms with Crippen LogP contribution in [0.5, 0.6) is 0 Å². The smallest absolute Gasteiger partial charge is 0.239 e. The van der Waals surface area contributed by atoms with Crippen molar-refractivity contribution in [1.82, 2.24) is 9.78 Å². The molecule has 3 N–H and O–H groups in total. The zero-order chi connectivity index (χ0) is 15.8. The predicted octanol–water partition coefficient (Wildman–Crippen LogP) is 1.80. The number of hydrogen-bond donors (Lipinski definition) is 2. The van der Waals surface area contributed by atoms with Gasteiger partial charge in [-0.15, -0.1) is 0 Å². The molecule has 0 radical (unpaired) electrons. The SMILES string of the molecule is NC(=O)Cn1cc(NC(=O)CCC=Cc2ccccc2)cn1. The second-order valence-electron chi connectivity index (χ2n) is 4.79. The Morgan fingerprint density at radius 1 is 1.27 bits per heavy atom. The summed E-state index contributed by atoms with van der Waals surface area (Å²) in [5, 5.41) is 6.66. The molecule has 0 spiro atoms. The number of allylic oxidation sites excluding steroid dienone is 1. The summed E-state index contributed by atoms with van der Waals surface area (Å²) >= 11 is 0. The molecule has 2 rings (SSSR count). The number of benzene rings is 1. The van der Waals surface area contributed by atoms with Gasteiger partial charge >= 0.3 is 0 Å². The Bertz CT molecular complexity index is 662. The fourth-order valence-corrected chi connectivity index (χ4v) is 1.90. The average Bonchev–Trinajstić information content (AvgIpc) is 2.91. The topological polar surface area (TPSA) is 90.0 Å². The van der Waals surface area contributed by atoms with E-state index in [0.29, 0.717) is 18.5 Å². The number of aromatic nitrogens is 2. The van der Waals surface area contributed by atoms with E-state index in [1.54, 1.807) is 6.20 Å². The first kappa shape index (κ1) is 15.5. The van der Waals surface area contributed by atoms with Crippen molar-refractivity contribution in [2.45, 2.75) is 19.4 Å². The van der Waals surface area contributed by atoms with E-state index in [1.807, 2.05) is 42.5 Å². The molecule has 114 valence electrons. The second kappa shape index (κ2) is 7.78. The molecule has 1 aromatic carbocycles. The number of primary amides is 1.